The van der Waals surface area contributed by atoms with Crippen molar-refractivity contribution in [2.75, 3.05) is 0 Å². The van der Waals surface area contributed by atoms with Crippen molar-refractivity contribution in [3.8, 4) is 0 Å². The maximum absolute atomic E-state index is 14.5. The lowest BCUT2D eigenvalue weighted by Gasteiger charge is -2.30. The van der Waals surface area contributed by atoms with Gasteiger partial charge in [-0.15, -0.1) is 0 Å². The minimum Gasteiger partial charge on any atom is -0.207 e. The molecule has 1 atom stereocenters. The molecule has 0 N–H and O–H groups in total. The zero-order valence-electron chi connectivity index (χ0n) is 17.7. The van der Waals surface area contributed by atoms with Crippen molar-refractivity contribution in [2.45, 2.75) is 90.4 Å². The molecule has 0 aromatic heterocycles. The first-order valence-electron chi connectivity index (χ1n) is 11.5. The number of benzene rings is 1. The molecule has 0 spiro atoms. The van der Waals surface area contributed by atoms with Crippen molar-refractivity contribution < 1.29 is 8.78 Å². The van der Waals surface area contributed by atoms with E-state index in [2.05, 4.69) is 32.1 Å². The van der Waals surface area contributed by atoms with Crippen LogP contribution < -0.4 is 0 Å². The summed E-state index contributed by atoms with van der Waals surface area (Å²) in [7, 11) is 0. The molecule has 1 aromatic rings. The Labute approximate surface area is 170 Å². The number of hydrogen-bond acceptors (Lipinski definition) is 0. The first kappa shape index (κ1) is 21.3. The molecule has 2 aliphatic carbocycles. The number of unbranched alkanes of at least 4 members (excludes halogenated alkanes) is 2. The molecule has 1 aromatic carbocycles. The third kappa shape index (κ3) is 5.33. The molecule has 3 rings (SSSR count). The quantitative estimate of drug-likeness (QED) is 0.394. The van der Waals surface area contributed by atoms with E-state index in [0.29, 0.717) is 12.3 Å². The molecule has 2 aliphatic rings. The molecule has 1 saturated carbocycles. The van der Waals surface area contributed by atoms with Crippen LogP contribution in [0.4, 0.5) is 8.78 Å². The summed E-state index contributed by atoms with van der Waals surface area (Å²) in [5.74, 6) is 0.949. The van der Waals surface area contributed by atoms with Crippen molar-refractivity contribution in [3.63, 3.8) is 0 Å². The van der Waals surface area contributed by atoms with Gasteiger partial charge in [-0.2, -0.15) is 0 Å². The molecule has 0 saturated heterocycles. The van der Waals surface area contributed by atoms with E-state index in [0.717, 1.165) is 37.2 Å². The number of halogens is 2. The van der Waals surface area contributed by atoms with Gasteiger partial charge in [0.2, 0.25) is 0 Å². The Morgan fingerprint density at radius 2 is 1.64 bits per heavy atom. The van der Waals surface area contributed by atoms with E-state index >= 15 is 0 Å². The SMILES string of the molecule is CCCCCc1c(F)cc(C2C=CC([C@H]3CC[C@H](CCC)CC3)=CC2)cc1F. The summed E-state index contributed by atoms with van der Waals surface area (Å²) < 4.78 is 29.0. The summed E-state index contributed by atoms with van der Waals surface area (Å²) >= 11 is 0. The number of hydrogen-bond donors (Lipinski definition) is 0. The lowest BCUT2D eigenvalue weighted by Crippen LogP contribution is -2.16. The number of allylic oxidation sites excluding steroid dienone is 4. The fraction of sp³-hybridized carbons (Fsp3) is 0.615. The second-order valence-electron chi connectivity index (χ2n) is 8.83. The monoisotopic (exact) mass is 386 g/mol. The molecule has 0 aliphatic heterocycles. The van der Waals surface area contributed by atoms with Crippen LogP contribution in [0.5, 0.6) is 0 Å². The maximum atomic E-state index is 14.5. The fourth-order valence-electron chi connectivity index (χ4n) is 5.01. The van der Waals surface area contributed by atoms with E-state index in [4.69, 9.17) is 0 Å². The van der Waals surface area contributed by atoms with E-state index in [1.165, 1.54) is 44.1 Å². The summed E-state index contributed by atoms with van der Waals surface area (Å²) in [5.41, 5.74) is 2.48. The van der Waals surface area contributed by atoms with Crippen LogP contribution >= 0.6 is 0 Å². The standard InChI is InChI=1S/C26H36F2/c1-3-5-6-8-24-25(27)17-23(18-26(24)28)22-15-13-21(14-16-22)20-11-9-19(7-4-2)10-12-20/h13-15,17-20,22H,3-12,16H2,1-2H3/t19-,20-,22?. The van der Waals surface area contributed by atoms with Crippen LogP contribution in [0.3, 0.4) is 0 Å². The smallest absolute Gasteiger partial charge is 0.129 e. The lowest BCUT2D eigenvalue weighted by molar-refractivity contribution is 0.288. The first-order valence-corrected chi connectivity index (χ1v) is 11.5. The summed E-state index contributed by atoms with van der Waals surface area (Å²) in [6.07, 6.45) is 18.9. The highest BCUT2D eigenvalue weighted by Crippen LogP contribution is 2.39. The van der Waals surface area contributed by atoms with Gasteiger partial charge in [0.05, 0.1) is 0 Å². The second kappa shape index (κ2) is 10.4. The molecule has 0 radical (unpaired) electrons. The fourth-order valence-corrected chi connectivity index (χ4v) is 5.01. The molecule has 0 amide bonds. The molecule has 1 fully saturated rings. The average molecular weight is 387 g/mol. The molecule has 28 heavy (non-hydrogen) atoms. The van der Waals surface area contributed by atoms with Crippen LogP contribution in [-0.4, -0.2) is 0 Å². The summed E-state index contributed by atoms with van der Waals surface area (Å²) in [6.45, 7) is 4.38. The predicted molar refractivity (Wildman–Crippen MR) is 115 cm³/mol. The Bertz CT molecular complexity index is 669. The molecule has 0 bridgehead atoms. The van der Waals surface area contributed by atoms with Gasteiger partial charge in [-0.1, -0.05) is 57.8 Å². The van der Waals surface area contributed by atoms with Gasteiger partial charge < -0.3 is 0 Å². The molecule has 2 heteroatoms. The van der Waals surface area contributed by atoms with Crippen molar-refractivity contribution >= 4 is 0 Å². The minimum atomic E-state index is -0.372. The summed E-state index contributed by atoms with van der Waals surface area (Å²) in [5, 5.41) is 0. The lowest BCUT2D eigenvalue weighted by atomic mass is 9.75. The summed E-state index contributed by atoms with van der Waals surface area (Å²) in [6, 6.07) is 3.13. The Kier molecular flexibility index (Phi) is 7.88. The molecule has 0 nitrogen and oxygen atoms in total. The van der Waals surface area contributed by atoms with Crippen LogP contribution in [0.2, 0.25) is 0 Å². The normalized spacial score (nSPS) is 25.0. The molecule has 0 heterocycles. The van der Waals surface area contributed by atoms with Gasteiger partial charge in [0, 0.05) is 11.5 Å². The number of rotatable bonds is 8. The minimum absolute atomic E-state index is 0.0915. The third-order valence-corrected chi connectivity index (χ3v) is 6.77. The zero-order chi connectivity index (χ0) is 19.9. The van der Waals surface area contributed by atoms with Gasteiger partial charge >= 0.3 is 0 Å². The van der Waals surface area contributed by atoms with E-state index in [1.807, 2.05) is 0 Å². The molecular formula is C26H36F2. The van der Waals surface area contributed by atoms with Gasteiger partial charge in [-0.25, -0.2) is 8.78 Å². The van der Waals surface area contributed by atoms with Gasteiger partial charge in [0.25, 0.3) is 0 Å². The highest BCUT2D eigenvalue weighted by molar-refractivity contribution is 5.36. The van der Waals surface area contributed by atoms with E-state index in [-0.39, 0.29) is 23.1 Å². The maximum Gasteiger partial charge on any atom is 0.129 e. The van der Waals surface area contributed by atoms with Crippen molar-refractivity contribution in [1.82, 2.24) is 0 Å². The zero-order valence-corrected chi connectivity index (χ0v) is 17.7. The second-order valence-corrected chi connectivity index (χ2v) is 8.83. The first-order chi connectivity index (χ1) is 13.6. The van der Waals surface area contributed by atoms with Gasteiger partial charge in [-0.3, -0.25) is 0 Å². The van der Waals surface area contributed by atoms with Crippen LogP contribution in [-0.2, 0) is 6.42 Å². The van der Waals surface area contributed by atoms with Crippen LogP contribution in [0.25, 0.3) is 0 Å². The van der Waals surface area contributed by atoms with Crippen LogP contribution in [0.1, 0.15) is 95.1 Å². The van der Waals surface area contributed by atoms with Gasteiger partial charge in [0.1, 0.15) is 11.6 Å². The van der Waals surface area contributed by atoms with Crippen LogP contribution in [0.15, 0.2) is 35.9 Å². The largest absolute Gasteiger partial charge is 0.207 e. The van der Waals surface area contributed by atoms with E-state index in [9.17, 15) is 8.78 Å². The van der Waals surface area contributed by atoms with Crippen molar-refractivity contribution in [2.24, 2.45) is 11.8 Å². The van der Waals surface area contributed by atoms with E-state index in [1.54, 1.807) is 12.1 Å². The topological polar surface area (TPSA) is 0 Å². The molecule has 1 unspecified atom stereocenters. The Morgan fingerprint density at radius 3 is 2.21 bits per heavy atom. The summed E-state index contributed by atoms with van der Waals surface area (Å²) in [4.78, 5) is 0. The van der Waals surface area contributed by atoms with Gasteiger partial charge in [-0.05, 0) is 80.1 Å². The van der Waals surface area contributed by atoms with E-state index < -0.39 is 0 Å². The predicted octanol–water partition coefficient (Wildman–Crippen LogP) is 8.27. The third-order valence-electron chi connectivity index (χ3n) is 6.77. The molecule has 154 valence electrons. The Balaban J connectivity index is 1.59. The van der Waals surface area contributed by atoms with Crippen molar-refractivity contribution in [1.29, 1.82) is 0 Å². The Hall–Kier alpha value is -1.44. The highest BCUT2D eigenvalue weighted by atomic mass is 19.1. The highest BCUT2D eigenvalue weighted by Gasteiger charge is 2.24. The molecular weight excluding hydrogens is 350 g/mol. The van der Waals surface area contributed by atoms with Crippen LogP contribution in [0, 0.1) is 23.5 Å². The Morgan fingerprint density at radius 1 is 0.929 bits per heavy atom. The van der Waals surface area contributed by atoms with Gasteiger partial charge in [0.15, 0.2) is 0 Å². The van der Waals surface area contributed by atoms with Crippen molar-refractivity contribution in [3.05, 3.63) is 58.7 Å². The average Bonchev–Trinajstić information content (AvgIpc) is 2.71.